The molecule has 7 heteroatoms. The average molecular weight is 320 g/mol. The van der Waals surface area contributed by atoms with Crippen molar-refractivity contribution in [1.82, 2.24) is 10.2 Å². The Morgan fingerprint density at radius 1 is 1.27 bits per heavy atom. The number of aliphatic hydroxyl groups excluding tert-OH is 1. The monoisotopic (exact) mass is 320 g/mol. The summed E-state index contributed by atoms with van der Waals surface area (Å²) < 4.78 is 5.34. The smallest absolute Gasteiger partial charge is 0.208 e. The maximum absolute atomic E-state index is 10.6. The van der Waals surface area contributed by atoms with E-state index in [0.717, 1.165) is 29.5 Å². The van der Waals surface area contributed by atoms with E-state index in [1.807, 2.05) is 43.3 Å². The Kier molecular flexibility index (Phi) is 4.56. The number of rotatable bonds is 4. The maximum atomic E-state index is 10.6. The zero-order valence-corrected chi connectivity index (χ0v) is 13.6. The first kappa shape index (κ1) is 15.2. The highest BCUT2D eigenvalue weighted by Crippen LogP contribution is 2.30. The fourth-order valence-corrected chi connectivity index (χ4v) is 3.24. The molecule has 1 unspecified atom stereocenters. The standard InChI is InChI=1S/C15H20N4O2S/c1-18(2)12-5-3-4-11(10-12)13(20)14-16-17-15(22-14)19-6-8-21-9-7-19/h3-5,10,13,20H,6-9H2,1-2H3. The summed E-state index contributed by atoms with van der Waals surface area (Å²) in [6, 6.07) is 7.83. The van der Waals surface area contributed by atoms with Gasteiger partial charge in [-0.05, 0) is 17.7 Å². The Bertz CT molecular complexity index is 626. The van der Waals surface area contributed by atoms with Crippen molar-refractivity contribution in [2.24, 2.45) is 0 Å². The minimum Gasteiger partial charge on any atom is -0.381 e. The number of benzene rings is 1. The Balaban J connectivity index is 1.78. The molecule has 2 aromatic rings. The van der Waals surface area contributed by atoms with Gasteiger partial charge in [0.1, 0.15) is 6.10 Å². The van der Waals surface area contributed by atoms with Gasteiger partial charge in [0.05, 0.1) is 13.2 Å². The fraction of sp³-hybridized carbons (Fsp3) is 0.467. The van der Waals surface area contributed by atoms with Gasteiger partial charge in [-0.25, -0.2) is 0 Å². The van der Waals surface area contributed by atoms with Gasteiger partial charge in [0.25, 0.3) is 0 Å². The van der Waals surface area contributed by atoms with Crippen LogP contribution in [0.2, 0.25) is 0 Å². The van der Waals surface area contributed by atoms with Crippen LogP contribution >= 0.6 is 11.3 Å². The third kappa shape index (κ3) is 3.21. The first-order valence-corrected chi connectivity index (χ1v) is 8.08. The molecule has 0 spiro atoms. The number of aromatic nitrogens is 2. The fourth-order valence-electron chi connectivity index (χ4n) is 2.33. The molecule has 1 atom stereocenters. The van der Waals surface area contributed by atoms with Crippen molar-refractivity contribution in [3.63, 3.8) is 0 Å². The van der Waals surface area contributed by atoms with E-state index in [9.17, 15) is 5.11 Å². The molecule has 2 heterocycles. The quantitative estimate of drug-likeness (QED) is 0.922. The first-order chi connectivity index (χ1) is 10.6. The second-order valence-corrected chi connectivity index (χ2v) is 6.40. The van der Waals surface area contributed by atoms with Crippen molar-refractivity contribution in [1.29, 1.82) is 0 Å². The summed E-state index contributed by atoms with van der Waals surface area (Å²) in [7, 11) is 3.96. The minimum absolute atomic E-state index is 0.623. The van der Waals surface area contributed by atoms with Gasteiger partial charge in [-0.1, -0.05) is 23.5 Å². The van der Waals surface area contributed by atoms with E-state index in [4.69, 9.17) is 4.74 Å². The van der Waals surface area contributed by atoms with Crippen LogP contribution in [0.5, 0.6) is 0 Å². The van der Waals surface area contributed by atoms with Gasteiger partial charge in [0.15, 0.2) is 5.01 Å². The second-order valence-electron chi connectivity index (χ2n) is 5.41. The molecular weight excluding hydrogens is 300 g/mol. The van der Waals surface area contributed by atoms with Crippen molar-refractivity contribution >= 4 is 22.2 Å². The molecule has 1 aliphatic rings. The zero-order chi connectivity index (χ0) is 15.5. The molecule has 1 aromatic heterocycles. The predicted molar refractivity (Wildman–Crippen MR) is 87.8 cm³/mol. The highest BCUT2D eigenvalue weighted by molar-refractivity contribution is 7.15. The lowest BCUT2D eigenvalue weighted by molar-refractivity contribution is 0.122. The second kappa shape index (κ2) is 6.60. The molecule has 1 saturated heterocycles. The van der Waals surface area contributed by atoms with Gasteiger partial charge in [-0.2, -0.15) is 0 Å². The van der Waals surface area contributed by atoms with Gasteiger partial charge in [0, 0.05) is 32.9 Å². The third-order valence-electron chi connectivity index (χ3n) is 3.65. The number of nitrogens with zero attached hydrogens (tertiary/aromatic N) is 4. The number of aliphatic hydroxyl groups is 1. The van der Waals surface area contributed by atoms with E-state index in [1.54, 1.807) is 0 Å². The highest BCUT2D eigenvalue weighted by atomic mass is 32.1. The summed E-state index contributed by atoms with van der Waals surface area (Å²) in [6.07, 6.45) is -0.743. The predicted octanol–water partition coefficient (Wildman–Crippen LogP) is 1.52. The summed E-state index contributed by atoms with van der Waals surface area (Å²) >= 11 is 1.44. The average Bonchev–Trinajstić information content (AvgIpc) is 3.05. The van der Waals surface area contributed by atoms with Crippen LogP contribution in [-0.2, 0) is 4.74 Å². The molecule has 6 nitrogen and oxygen atoms in total. The topological polar surface area (TPSA) is 61.7 Å². The van der Waals surface area contributed by atoms with Crippen LogP contribution in [0.1, 0.15) is 16.7 Å². The molecule has 1 aliphatic heterocycles. The van der Waals surface area contributed by atoms with E-state index >= 15 is 0 Å². The molecule has 3 rings (SSSR count). The number of hydrogen-bond acceptors (Lipinski definition) is 7. The van der Waals surface area contributed by atoms with E-state index < -0.39 is 6.10 Å². The van der Waals surface area contributed by atoms with Crippen molar-refractivity contribution in [2.75, 3.05) is 50.2 Å². The Hall–Kier alpha value is -1.70. The number of anilines is 2. The van der Waals surface area contributed by atoms with Crippen LogP contribution in [0.25, 0.3) is 0 Å². The van der Waals surface area contributed by atoms with Crippen molar-refractivity contribution in [3.8, 4) is 0 Å². The summed E-state index contributed by atoms with van der Waals surface area (Å²) in [6.45, 7) is 3.06. The zero-order valence-electron chi connectivity index (χ0n) is 12.8. The van der Waals surface area contributed by atoms with E-state index in [-0.39, 0.29) is 0 Å². The molecule has 0 bridgehead atoms. The molecule has 0 amide bonds. The largest absolute Gasteiger partial charge is 0.381 e. The van der Waals surface area contributed by atoms with Crippen LogP contribution in [0, 0.1) is 0 Å². The molecule has 0 radical (unpaired) electrons. The molecular formula is C15H20N4O2S. The van der Waals surface area contributed by atoms with Crippen LogP contribution in [0.4, 0.5) is 10.8 Å². The molecule has 0 saturated carbocycles. The minimum atomic E-state index is -0.743. The Morgan fingerprint density at radius 2 is 2.05 bits per heavy atom. The lowest BCUT2D eigenvalue weighted by atomic mass is 10.1. The van der Waals surface area contributed by atoms with E-state index in [1.165, 1.54) is 11.3 Å². The maximum Gasteiger partial charge on any atom is 0.208 e. The summed E-state index contributed by atoms with van der Waals surface area (Å²) in [5.74, 6) is 0. The molecule has 118 valence electrons. The number of morpholine rings is 1. The SMILES string of the molecule is CN(C)c1cccc(C(O)c2nnc(N3CCOCC3)s2)c1. The van der Waals surface area contributed by atoms with Crippen LogP contribution in [0.3, 0.4) is 0 Å². The van der Waals surface area contributed by atoms with Crippen LogP contribution in [0.15, 0.2) is 24.3 Å². The first-order valence-electron chi connectivity index (χ1n) is 7.26. The summed E-state index contributed by atoms with van der Waals surface area (Å²) in [5.41, 5.74) is 1.88. The van der Waals surface area contributed by atoms with Gasteiger partial charge < -0.3 is 19.6 Å². The van der Waals surface area contributed by atoms with Gasteiger partial charge in [-0.3, -0.25) is 0 Å². The molecule has 1 N–H and O–H groups in total. The van der Waals surface area contributed by atoms with Gasteiger partial charge in [0.2, 0.25) is 5.13 Å². The normalized spacial score (nSPS) is 16.6. The van der Waals surface area contributed by atoms with Crippen LogP contribution < -0.4 is 9.80 Å². The Morgan fingerprint density at radius 3 is 2.77 bits per heavy atom. The Labute approximate surface area is 134 Å². The van der Waals surface area contributed by atoms with Crippen molar-refractivity contribution in [3.05, 3.63) is 34.8 Å². The lowest BCUT2D eigenvalue weighted by Gasteiger charge is -2.25. The van der Waals surface area contributed by atoms with Crippen LogP contribution in [-0.4, -0.2) is 55.7 Å². The molecule has 22 heavy (non-hydrogen) atoms. The van der Waals surface area contributed by atoms with Gasteiger partial charge >= 0.3 is 0 Å². The van der Waals surface area contributed by atoms with Gasteiger partial charge in [-0.15, -0.1) is 10.2 Å². The van der Waals surface area contributed by atoms with Crippen molar-refractivity contribution in [2.45, 2.75) is 6.10 Å². The molecule has 0 aliphatic carbocycles. The summed E-state index contributed by atoms with van der Waals surface area (Å²) in [4.78, 5) is 4.16. The third-order valence-corrected chi connectivity index (χ3v) is 4.68. The molecule has 1 aromatic carbocycles. The summed E-state index contributed by atoms with van der Waals surface area (Å²) in [5, 5.41) is 20.4. The van der Waals surface area contributed by atoms with E-state index in [0.29, 0.717) is 18.2 Å². The van der Waals surface area contributed by atoms with E-state index in [2.05, 4.69) is 15.1 Å². The van der Waals surface area contributed by atoms with Crippen molar-refractivity contribution < 1.29 is 9.84 Å². The number of ether oxygens (including phenoxy) is 1. The molecule has 1 fully saturated rings. The number of hydrogen-bond donors (Lipinski definition) is 1. The highest BCUT2D eigenvalue weighted by Gasteiger charge is 2.20. The lowest BCUT2D eigenvalue weighted by Crippen LogP contribution is -2.36.